The lowest BCUT2D eigenvalue weighted by molar-refractivity contribution is 0.105. The molecule has 14 heavy (non-hydrogen) atoms. The predicted octanol–water partition coefficient (Wildman–Crippen LogP) is 2.25. The molecule has 2 nitrogen and oxygen atoms in total. The van der Waals surface area contributed by atoms with Crippen molar-refractivity contribution >= 4 is 15.9 Å². The Morgan fingerprint density at radius 1 is 1.50 bits per heavy atom. The smallest absolute Gasteiger partial charge is 0.0443 e. The molecular weight excluding hydrogens is 242 g/mol. The van der Waals surface area contributed by atoms with Crippen molar-refractivity contribution in [3.8, 4) is 0 Å². The summed E-state index contributed by atoms with van der Waals surface area (Å²) in [6.07, 6.45) is 5.04. The van der Waals surface area contributed by atoms with E-state index in [-0.39, 0.29) is 0 Å². The zero-order valence-electron chi connectivity index (χ0n) is 9.08. The van der Waals surface area contributed by atoms with Crippen molar-refractivity contribution in [2.75, 3.05) is 25.0 Å². The van der Waals surface area contributed by atoms with Crippen LogP contribution in [-0.2, 0) is 0 Å². The van der Waals surface area contributed by atoms with Crippen LogP contribution in [0.3, 0.4) is 0 Å². The van der Waals surface area contributed by atoms with Crippen molar-refractivity contribution in [3.05, 3.63) is 0 Å². The van der Waals surface area contributed by atoms with Gasteiger partial charge in [-0.1, -0.05) is 29.3 Å². The van der Waals surface area contributed by atoms with Crippen LogP contribution in [0.25, 0.3) is 0 Å². The minimum Gasteiger partial charge on any atom is -0.396 e. The lowest BCUT2D eigenvalue weighted by atomic mass is 9.90. The molecule has 0 aliphatic heterocycles. The molecule has 1 fully saturated rings. The number of hydrogen-bond acceptors (Lipinski definition) is 2. The fraction of sp³-hybridized carbons (Fsp3) is 1.00. The van der Waals surface area contributed by atoms with Gasteiger partial charge in [0, 0.05) is 31.1 Å². The molecular formula is C11H22BrNO. The summed E-state index contributed by atoms with van der Waals surface area (Å²) in [7, 11) is 0. The summed E-state index contributed by atoms with van der Waals surface area (Å²) < 4.78 is 0. The first-order valence-electron chi connectivity index (χ1n) is 5.68. The average Bonchev–Trinajstić information content (AvgIpc) is 2.11. The zero-order valence-corrected chi connectivity index (χ0v) is 10.7. The van der Waals surface area contributed by atoms with Gasteiger partial charge in [-0.05, 0) is 25.2 Å². The summed E-state index contributed by atoms with van der Waals surface area (Å²) in [4.78, 5) is 2.56. The largest absolute Gasteiger partial charge is 0.396 e. The second-order valence-electron chi connectivity index (χ2n) is 4.42. The van der Waals surface area contributed by atoms with E-state index in [0.717, 1.165) is 24.3 Å². The van der Waals surface area contributed by atoms with Crippen LogP contribution in [0.2, 0.25) is 0 Å². The Kier molecular flexibility index (Phi) is 6.06. The van der Waals surface area contributed by atoms with E-state index in [1.807, 2.05) is 0 Å². The zero-order chi connectivity index (χ0) is 10.4. The molecule has 0 amide bonds. The van der Waals surface area contributed by atoms with Gasteiger partial charge in [-0.2, -0.15) is 0 Å². The van der Waals surface area contributed by atoms with Gasteiger partial charge in [-0.15, -0.1) is 0 Å². The molecule has 1 aliphatic carbocycles. The molecule has 0 heterocycles. The molecule has 0 aromatic heterocycles. The Morgan fingerprint density at radius 3 is 2.64 bits per heavy atom. The lowest BCUT2D eigenvalue weighted by Crippen LogP contribution is -2.43. The van der Waals surface area contributed by atoms with Crippen LogP contribution >= 0.6 is 15.9 Å². The highest BCUT2D eigenvalue weighted by molar-refractivity contribution is 9.09. The van der Waals surface area contributed by atoms with Crippen LogP contribution in [0.15, 0.2) is 0 Å². The van der Waals surface area contributed by atoms with E-state index in [1.165, 1.54) is 25.8 Å². The molecule has 0 aromatic carbocycles. The van der Waals surface area contributed by atoms with E-state index in [0.29, 0.717) is 12.5 Å². The van der Waals surface area contributed by atoms with Crippen LogP contribution < -0.4 is 0 Å². The van der Waals surface area contributed by atoms with Crippen LogP contribution in [0.1, 0.15) is 32.6 Å². The van der Waals surface area contributed by atoms with Crippen LogP contribution in [0.4, 0.5) is 0 Å². The molecule has 1 N–H and O–H groups in total. The first-order chi connectivity index (χ1) is 6.77. The first kappa shape index (κ1) is 12.5. The Morgan fingerprint density at radius 2 is 2.21 bits per heavy atom. The molecule has 1 unspecified atom stereocenters. The van der Waals surface area contributed by atoms with E-state index in [2.05, 4.69) is 27.8 Å². The van der Waals surface area contributed by atoms with Crippen molar-refractivity contribution in [2.24, 2.45) is 5.92 Å². The number of aliphatic hydroxyl groups excluding tert-OH is 1. The molecule has 0 aromatic rings. The Hall–Kier alpha value is 0.400. The van der Waals surface area contributed by atoms with Crippen molar-refractivity contribution in [1.82, 2.24) is 4.90 Å². The van der Waals surface area contributed by atoms with E-state index in [9.17, 15) is 0 Å². The topological polar surface area (TPSA) is 23.5 Å². The highest BCUT2D eigenvalue weighted by Gasteiger charge is 2.25. The number of rotatable bonds is 7. The lowest BCUT2D eigenvalue weighted by Gasteiger charge is -2.38. The third-order valence-corrected chi connectivity index (χ3v) is 4.11. The van der Waals surface area contributed by atoms with Crippen LogP contribution in [0, 0.1) is 5.92 Å². The molecule has 0 spiro atoms. The number of halogens is 1. The van der Waals surface area contributed by atoms with Crippen LogP contribution in [0.5, 0.6) is 0 Å². The van der Waals surface area contributed by atoms with Gasteiger partial charge in [0.05, 0.1) is 0 Å². The molecule has 0 bridgehead atoms. The van der Waals surface area contributed by atoms with Gasteiger partial charge in [0.15, 0.2) is 0 Å². The fourth-order valence-corrected chi connectivity index (χ4v) is 2.10. The van der Waals surface area contributed by atoms with Gasteiger partial charge in [-0.3, -0.25) is 0 Å². The monoisotopic (exact) mass is 263 g/mol. The van der Waals surface area contributed by atoms with Gasteiger partial charge in [-0.25, -0.2) is 0 Å². The SMILES string of the molecule is CC(CBr)CN(CCCO)C1CCC1. The van der Waals surface area contributed by atoms with E-state index < -0.39 is 0 Å². The summed E-state index contributed by atoms with van der Waals surface area (Å²) in [5.41, 5.74) is 0. The maximum absolute atomic E-state index is 8.84. The highest BCUT2D eigenvalue weighted by atomic mass is 79.9. The summed E-state index contributed by atoms with van der Waals surface area (Å²) in [5, 5.41) is 9.92. The van der Waals surface area contributed by atoms with E-state index in [1.54, 1.807) is 0 Å². The maximum atomic E-state index is 8.84. The van der Waals surface area contributed by atoms with Crippen molar-refractivity contribution in [3.63, 3.8) is 0 Å². The number of hydrogen-bond donors (Lipinski definition) is 1. The molecule has 3 heteroatoms. The van der Waals surface area contributed by atoms with Gasteiger partial charge in [0.25, 0.3) is 0 Å². The Bertz CT molecular complexity index is 150. The van der Waals surface area contributed by atoms with Crippen LogP contribution in [-0.4, -0.2) is 41.1 Å². The third kappa shape index (κ3) is 3.87. The quantitative estimate of drug-likeness (QED) is 0.713. The maximum Gasteiger partial charge on any atom is 0.0443 e. The first-order valence-corrected chi connectivity index (χ1v) is 6.81. The van der Waals surface area contributed by atoms with Crippen molar-refractivity contribution < 1.29 is 5.11 Å². The van der Waals surface area contributed by atoms with Gasteiger partial charge in [0.1, 0.15) is 0 Å². The molecule has 1 rings (SSSR count). The van der Waals surface area contributed by atoms with E-state index >= 15 is 0 Å². The number of nitrogens with zero attached hydrogens (tertiary/aromatic N) is 1. The Labute approximate surface area is 95.8 Å². The normalized spacial score (nSPS) is 19.7. The third-order valence-electron chi connectivity index (χ3n) is 3.00. The fourth-order valence-electron chi connectivity index (χ4n) is 1.90. The second kappa shape index (κ2) is 6.81. The molecule has 1 atom stereocenters. The van der Waals surface area contributed by atoms with Gasteiger partial charge >= 0.3 is 0 Å². The highest BCUT2D eigenvalue weighted by Crippen LogP contribution is 2.25. The van der Waals surface area contributed by atoms with Crippen molar-refractivity contribution in [2.45, 2.75) is 38.6 Å². The average molecular weight is 264 g/mol. The number of aliphatic hydroxyl groups is 1. The van der Waals surface area contributed by atoms with Gasteiger partial charge in [0.2, 0.25) is 0 Å². The van der Waals surface area contributed by atoms with E-state index in [4.69, 9.17) is 5.11 Å². The standard InChI is InChI=1S/C11H22BrNO/c1-10(8-12)9-13(6-3-7-14)11-4-2-5-11/h10-11,14H,2-9H2,1H3. The molecule has 1 aliphatic rings. The van der Waals surface area contributed by atoms with Gasteiger partial charge < -0.3 is 10.0 Å². The molecule has 0 radical (unpaired) electrons. The Balaban J connectivity index is 2.27. The molecule has 0 saturated heterocycles. The summed E-state index contributed by atoms with van der Waals surface area (Å²) in [6.45, 7) is 4.85. The molecule has 1 saturated carbocycles. The molecule has 84 valence electrons. The summed E-state index contributed by atoms with van der Waals surface area (Å²) in [5.74, 6) is 0.717. The minimum absolute atomic E-state index is 0.325. The summed E-state index contributed by atoms with van der Waals surface area (Å²) >= 11 is 3.52. The predicted molar refractivity (Wildman–Crippen MR) is 63.9 cm³/mol. The number of alkyl halides is 1. The summed E-state index contributed by atoms with van der Waals surface area (Å²) in [6, 6.07) is 0.808. The second-order valence-corrected chi connectivity index (χ2v) is 5.06. The van der Waals surface area contributed by atoms with Crippen molar-refractivity contribution in [1.29, 1.82) is 0 Å². The minimum atomic E-state index is 0.325.